The van der Waals surface area contributed by atoms with E-state index in [1.807, 2.05) is 12.3 Å². The maximum atomic E-state index is 5.83. The minimum absolute atomic E-state index is 0.308. The van der Waals surface area contributed by atoms with Gasteiger partial charge in [-0.05, 0) is 24.9 Å². The van der Waals surface area contributed by atoms with E-state index >= 15 is 0 Å². The topological polar surface area (TPSA) is 25.4 Å². The first-order valence-corrected chi connectivity index (χ1v) is 5.96. The van der Waals surface area contributed by atoms with Crippen molar-refractivity contribution < 1.29 is 4.74 Å². The molecule has 1 aromatic heterocycles. The molecule has 1 aliphatic heterocycles. The molecule has 0 bridgehead atoms. The van der Waals surface area contributed by atoms with Gasteiger partial charge in [-0.2, -0.15) is 0 Å². The summed E-state index contributed by atoms with van der Waals surface area (Å²) < 4.78 is 5.83. The Morgan fingerprint density at radius 1 is 1.44 bits per heavy atom. The number of hydrogen-bond donors (Lipinski definition) is 0. The zero-order chi connectivity index (χ0) is 11.5. The molecule has 0 saturated carbocycles. The predicted molar refractivity (Wildman–Crippen MR) is 64.9 cm³/mol. The predicted octanol–water partition coefficient (Wildman–Crippen LogP) is 2.29. The van der Waals surface area contributed by atoms with Crippen molar-refractivity contribution in [2.45, 2.75) is 32.3 Å². The van der Waals surface area contributed by atoms with Gasteiger partial charge in [-0.25, -0.2) is 4.98 Å². The summed E-state index contributed by atoms with van der Waals surface area (Å²) >= 11 is 0. The van der Waals surface area contributed by atoms with Crippen LogP contribution in [0.15, 0.2) is 18.3 Å². The van der Waals surface area contributed by atoms with Crippen molar-refractivity contribution in [3.63, 3.8) is 0 Å². The third kappa shape index (κ3) is 2.73. The monoisotopic (exact) mass is 220 g/mol. The third-order valence-corrected chi connectivity index (χ3v) is 3.06. The first kappa shape index (κ1) is 11.4. The van der Waals surface area contributed by atoms with E-state index in [9.17, 15) is 0 Å². The van der Waals surface area contributed by atoms with Crippen molar-refractivity contribution in [1.29, 1.82) is 0 Å². The van der Waals surface area contributed by atoms with Gasteiger partial charge >= 0.3 is 0 Å². The lowest BCUT2D eigenvalue weighted by molar-refractivity contribution is 0.200. The van der Waals surface area contributed by atoms with E-state index in [1.165, 1.54) is 5.56 Å². The summed E-state index contributed by atoms with van der Waals surface area (Å²) in [5.74, 6) is 1.28. The van der Waals surface area contributed by atoms with E-state index < -0.39 is 0 Å². The molecule has 88 valence electrons. The van der Waals surface area contributed by atoms with Gasteiger partial charge in [-0.15, -0.1) is 0 Å². The fraction of sp³-hybridized carbons (Fsp3) is 0.615. The number of hydrogen-bond acceptors (Lipinski definition) is 3. The van der Waals surface area contributed by atoms with Crippen LogP contribution in [0.1, 0.15) is 31.7 Å². The molecule has 1 atom stereocenters. The van der Waals surface area contributed by atoms with Crippen LogP contribution in [0, 0.1) is 0 Å². The van der Waals surface area contributed by atoms with Gasteiger partial charge in [0.2, 0.25) is 5.88 Å². The average Bonchev–Trinajstić information content (AvgIpc) is 2.65. The number of rotatable bonds is 3. The molecule has 0 unspecified atom stereocenters. The largest absolute Gasteiger partial charge is 0.473 e. The number of ether oxygens (including phenoxy) is 1. The Kier molecular flexibility index (Phi) is 3.44. The Labute approximate surface area is 97.4 Å². The number of likely N-dealkylation sites (N-methyl/N-ethyl adjacent to an activating group) is 1. The van der Waals surface area contributed by atoms with Crippen LogP contribution < -0.4 is 4.74 Å². The minimum Gasteiger partial charge on any atom is -0.473 e. The van der Waals surface area contributed by atoms with Gasteiger partial charge in [0.1, 0.15) is 6.10 Å². The van der Waals surface area contributed by atoms with Crippen LogP contribution in [0.25, 0.3) is 0 Å². The van der Waals surface area contributed by atoms with Crippen molar-refractivity contribution in [2.75, 3.05) is 20.1 Å². The number of pyridine rings is 1. The first-order valence-electron chi connectivity index (χ1n) is 5.96. The van der Waals surface area contributed by atoms with Crippen molar-refractivity contribution in [2.24, 2.45) is 0 Å². The minimum atomic E-state index is 0.308. The first-order chi connectivity index (χ1) is 7.65. The standard InChI is InChI=1S/C13H20N2O/c1-10(2)11-4-5-13(14-8-11)16-12-6-7-15(3)9-12/h4-5,8,10,12H,6-7,9H2,1-3H3/t12-/m1/s1. The Morgan fingerprint density at radius 2 is 2.25 bits per heavy atom. The van der Waals surface area contributed by atoms with Gasteiger partial charge < -0.3 is 9.64 Å². The molecule has 3 nitrogen and oxygen atoms in total. The fourth-order valence-corrected chi connectivity index (χ4v) is 1.96. The molecule has 0 amide bonds. The zero-order valence-corrected chi connectivity index (χ0v) is 10.3. The van der Waals surface area contributed by atoms with Crippen molar-refractivity contribution in [3.05, 3.63) is 23.9 Å². The molecule has 0 N–H and O–H groups in total. The molecule has 3 heteroatoms. The van der Waals surface area contributed by atoms with Gasteiger partial charge in [0, 0.05) is 25.4 Å². The highest BCUT2D eigenvalue weighted by Crippen LogP contribution is 2.18. The van der Waals surface area contributed by atoms with Gasteiger partial charge in [-0.3, -0.25) is 0 Å². The van der Waals surface area contributed by atoms with Crippen molar-refractivity contribution >= 4 is 0 Å². The maximum Gasteiger partial charge on any atom is 0.213 e. The summed E-state index contributed by atoms with van der Waals surface area (Å²) in [5, 5.41) is 0. The summed E-state index contributed by atoms with van der Waals surface area (Å²) in [5.41, 5.74) is 1.26. The highest BCUT2D eigenvalue weighted by molar-refractivity contribution is 5.20. The number of nitrogens with zero attached hydrogens (tertiary/aromatic N) is 2. The highest BCUT2D eigenvalue weighted by Gasteiger charge is 2.21. The van der Waals surface area contributed by atoms with Crippen LogP contribution in [-0.4, -0.2) is 36.1 Å². The highest BCUT2D eigenvalue weighted by atomic mass is 16.5. The summed E-state index contributed by atoms with van der Waals surface area (Å²) in [4.78, 5) is 6.63. The smallest absolute Gasteiger partial charge is 0.213 e. The third-order valence-electron chi connectivity index (χ3n) is 3.06. The molecule has 16 heavy (non-hydrogen) atoms. The lowest BCUT2D eigenvalue weighted by atomic mass is 10.1. The summed E-state index contributed by atoms with van der Waals surface area (Å²) in [7, 11) is 2.12. The van der Waals surface area contributed by atoms with E-state index in [-0.39, 0.29) is 0 Å². The number of aromatic nitrogens is 1. The summed E-state index contributed by atoms with van der Waals surface area (Å²) in [6.45, 7) is 6.47. The second-order valence-corrected chi connectivity index (χ2v) is 4.88. The normalized spacial score (nSPS) is 21.6. The van der Waals surface area contributed by atoms with Gasteiger partial charge in [0.05, 0.1) is 0 Å². The lowest BCUT2D eigenvalue weighted by Crippen LogP contribution is -2.21. The molecule has 0 aromatic carbocycles. The molecule has 0 spiro atoms. The van der Waals surface area contributed by atoms with E-state index in [1.54, 1.807) is 0 Å². The molecule has 0 aliphatic carbocycles. The zero-order valence-electron chi connectivity index (χ0n) is 10.3. The van der Waals surface area contributed by atoms with Gasteiger partial charge in [0.15, 0.2) is 0 Å². The second kappa shape index (κ2) is 4.83. The lowest BCUT2D eigenvalue weighted by Gasteiger charge is -2.13. The molecule has 1 aromatic rings. The molecule has 1 aliphatic rings. The van der Waals surface area contributed by atoms with Gasteiger partial charge in [0.25, 0.3) is 0 Å². The SMILES string of the molecule is CC(C)c1ccc(O[C@@H]2CCN(C)C2)nc1. The molecule has 1 fully saturated rings. The van der Waals surface area contributed by atoms with Crippen LogP contribution in [0.5, 0.6) is 5.88 Å². The fourth-order valence-electron chi connectivity index (χ4n) is 1.96. The molecule has 2 rings (SSSR count). The Hall–Kier alpha value is -1.09. The average molecular weight is 220 g/mol. The quantitative estimate of drug-likeness (QED) is 0.781. The summed E-state index contributed by atoms with van der Waals surface area (Å²) in [6, 6.07) is 4.08. The van der Waals surface area contributed by atoms with Crippen LogP contribution in [0.2, 0.25) is 0 Å². The Bertz CT molecular complexity index is 334. The summed E-state index contributed by atoms with van der Waals surface area (Å²) in [6.07, 6.45) is 3.32. The molecule has 2 heterocycles. The van der Waals surface area contributed by atoms with Gasteiger partial charge in [-0.1, -0.05) is 19.9 Å². The molecular weight excluding hydrogens is 200 g/mol. The van der Waals surface area contributed by atoms with Crippen LogP contribution in [0.4, 0.5) is 0 Å². The van der Waals surface area contributed by atoms with Crippen LogP contribution in [-0.2, 0) is 0 Å². The van der Waals surface area contributed by atoms with E-state index in [2.05, 4.69) is 36.8 Å². The second-order valence-electron chi connectivity index (χ2n) is 4.88. The van der Waals surface area contributed by atoms with E-state index in [0.29, 0.717) is 12.0 Å². The van der Waals surface area contributed by atoms with Crippen molar-refractivity contribution in [3.8, 4) is 5.88 Å². The van der Waals surface area contributed by atoms with Crippen LogP contribution in [0.3, 0.4) is 0 Å². The number of likely N-dealkylation sites (tertiary alicyclic amines) is 1. The Morgan fingerprint density at radius 3 is 2.75 bits per heavy atom. The van der Waals surface area contributed by atoms with Crippen LogP contribution >= 0.6 is 0 Å². The van der Waals surface area contributed by atoms with E-state index in [4.69, 9.17) is 4.74 Å². The maximum absolute atomic E-state index is 5.83. The molecular formula is C13H20N2O. The Balaban J connectivity index is 1.95. The van der Waals surface area contributed by atoms with E-state index in [0.717, 1.165) is 25.4 Å². The van der Waals surface area contributed by atoms with Crippen molar-refractivity contribution in [1.82, 2.24) is 9.88 Å². The molecule has 1 saturated heterocycles. The molecule has 0 radical (unpaired) electrons.